The van der Waals surface area contributed by atoms with Crippen LogP contribution >= 0.6 is 11.6 Å². The second-order valence-corrected chi connectivity index (χ2v) is 11.3. The molecule has 2 bridgehead atoms. The first-order valence-electron chi connectivity index (χ1n) is 13.2. The highest BCUT2D eigenvalue weighted by atomic mass is 35.5. The fourth-order valence-corrected chi connectivity index (χ4v) is 6.97. The molecule has 0 aromatic heterocycles. The maximum atomic E-state index is 14.4. The summed E-state index contributed by atoms with van der Waals surface area (Å²) in [5, 5.41) is 17.0. The van der Waals surface area contributed by atoms with Crippen LogP contribution in [-0.2, 0) is 19.1 Å². The molecule has 2 aromatic carbocycles. The van der Waals surface area contributed by atoms with Crippen LogP contribution in [0.4, 0.5) is 5.69 Å². The molecule has 7 atom stereocenters. The molecule has 3 aliphatic heterocycles. The smallest absolute Gasteiger partial charge is 0.250 e. The average Bonchev–Trinajstić information content (AvgIpc) is 3.42. The van der Waals surface area contributed by atoms with Crippen LogP contribution in [0.15, 0.2) is 54.6 Å². The van der Waals surface area contributed by atoms with E-state index >= 15 is 0 Å². The summed E-state index contributed by atoms with van der Waals surface area (Å²) in [6.45, 7) is 5.96. The van der Waals surface area contributed by atoms with Crippen molar-refractivity contribution in [2.75, 3.05) is 18.5 Å². The third-order valence-electron chi connectivity index (χ3n) is 8.64. The molecule has 2 aromatic rings. The Balaban J connectivity index is 1.61. The van der Waals surface area contributed by atoms with Gasteiger partial charge in [0.05, 0.1) is 30.1 Å². The van der Waals surface area contributed by atoms with Crippen LogP contribution in [-0.4, -0.2) is 58.1 Å². The van der Waals surface area contributed by atoms with Crippen molar-refractivity contribution in [2.45, 2.75) is 56.9 Å². The molecule has 3 fully saturated rings. The van der Waals surface area contributed by atoms with Gasteiger partial charge in [-0.05, 0) is 55.5 Å². The second-order valence-electron chi connectivity index (χ2n) is 10.8. The number of ether oxygens (including phenoxy) is 1. The quantitative estimate of drug-likeness (QED) is 0.475. The van der Waals surface area contributed by atoms with Crippen molar-refractivity contribution in [2.24, 2.45) is 17.8 Å². The number of hydrogen-bond donors (Lipinski definition) is 3. The molecule has 3 aliphatic rings. The standard InChI is InChI=1S/C29H34ClN3O5/c1-4-14-31-25(35)22-23-27(37)33(21(16-34)18-8-6-5-7-9-18)24(29(23)15-17(2)28(22,3)38-29)26(36)32-20-12-10-19(30)11-13-20/h5-13,17,21-24,34H,4,14-16H2,1-3H3,(H,31,35)(H,32,36)/t17?,21-,22+,23+,24?,28-,29?/m1/s1. The summed E-state index contributed by atoms with van der Waals surface area (Å²) >= 11 is 6.03. The van der Waals surface area contributed by atoms with Gasteiger partial charge in [0.2, 0.25) is 17.7 Å². The zero-order valence-corrected chi connectivity index (χ0v) is 22.6. The van der Waals surface area contributed by atoms with Gasteiger partial charge in [0.25, 0.3) is 0 Å². The monoisotopic (exact) mass is 539 g/mol. The fraction of sp³-hybridized carbons (Fsp3) is 0.483. The van der Waals surface area contributed by atoms with E-state index in [0.29, 0.717) is 29.2 Å². The molecule has 0 saturated carbocycles. The normalized spacial score (nSPS) is 32.2. The molecule has 8 nitrogen and oxygen atoms in total. The first kappa shape index (κ1) is 26.7. The third kappa shape index (κ3) is 4.01. The highest BCUT2D eigenvalue weighted by molar-refractivity contribution is 6.30. The van der Waals surface area contributed by atoms with Gasteiger partial charge in [0.1, 0.15) is 11.6 Å². The van der Waals surface area contributed by atoms with Crippen LogP contribution in [0.25, 0.3) is 0 Å². The van der Waals surface area contributed by atoms with Crippen LogP contribution in [0.5, 0.6) is 0 Å². The molecule has 3 N–H and O–H groups in total. The molecule has 3 saturated heterocycles. The lowest BCUT2D eigenvalue weighted by atomic mass is 9.62. The average molecular weight is 540 g/mol. The molecular weight excluding hydrogens is 506 g/mol. The van der Waals surface area contributed by atoms with E-state index in [4.69, 9.17) is 16.3 Å². The van der Waals surface area contributed by atoms with Crippen LogP contribution in [0.1, 0.15) is 45.2 Å². The number of rotatable bonds is 8. The van der Waals surface area contributed by atoms with Crippen LogP contribution in [0.2, 0.25) is 5.02 Å². The summed E-state index contributed by atoms with van der Waals surface area (Å²) in [4.78, 5) is 43.4. The van der Waals surface area contributed by atoms with E-state index in [9.17, 15) is 19.5 Å². The van der Waals surface area contributed by atoms with E-state index in [1.165, 1.54) is 4.90 Å². The SMILES string of the molecule is CCCNC(=O)[C@@H]1[C@H]2C(=O)N([C@H](CO)c3ccccc3)C(C(=O)Nc3ccc(Cl)cc3)C23CC(C)[C@@]1(C)O3. The molecule has 3 unspecified atom stereocenters. The Morgan fingerprint density at radius 1 is 1.16 bits per heavy atom. The fourth-order valence-electron chi connectivity index (χ4n) is 6.84. The number of benzene rings is 2. The number of carbonyl (C=O) groups is 3. The Hall–Kier alpha value is -2.94. The van der Waals surface area contributed by atoms with Gasteiger partial charge in [-0.25, -0.2) is 0 Å². The summed E-state index contributed by atoms with van der Waals surface area (Å²) in [7, 11) is 0. The number of anilines is 1. The number of nitrogens with one attached hydrogen (secondary N) is 2. The predicted molar refractivity (Wildman–Crippen MR) is 143 cm³/mol. The first-order valence-corrected chi connectivity index (χ1v) is 13.6. The van der Waals surface area contributed by atoms with Crippen molar-refractivity contribution >= 4 is 35.0 Å². The zero-order chi connectivity index (χ0) is 27.2. The molecule has 5 rings (SSSR count). The largest absolute Gasteiger partial charge is 0.394 e. The number of fused-ring (bicyclic) bond motifs is 1. The number of amides is 3. The van der Waals surface area contributed by atoms with Crippen molar-refractivity contribution in [3.8, 4) is 0 Å². The maximum absolute atomic E-state index is 14.4. The van der Waals surface area contributed by atoms with Crippen LogP contribution in [0.3, 0.4) is 0 Å². The number of aliphatic hydroxyl groups excluding tert-OH is 1. The van der Waals surface area contributed by atoms with Gasteiger partial charge in [-0.3, -0.25) is 14.4 Å². The van der Waals surface area contributed by atoms with Crippen molar-refractivity contribution in [3.05, 3.63) is 65.2 Å². The van der Waals surface area contributed by atoms with Gasteiger partial charge >= 0.3 is 0 Å². The molecule has 3 amide bonds. The summed E-state index contributed by atoms with van der Waals surface area (Å²) in [5.41, 5.74) is -0.886. The minimum Gasteiger partial charge on any atom is -0.394 e. The Labute approximate surface area is 227 Å². The van der Waals surface area contributed by atoms with Gasteiger partial charge in [-0.1, -0.05) is 55.8 Å². The Kier molecular flexibility index (Phi) is 7.00. The molecule has 3 heterocycles. The summed E-state index contributed by atoms with van der Waals surface area (Å²) < 4.78 is 6.73. The first-order chi connectivity index (χ1) is 18.2. The van der Waals surface area contributed by atoms with E-state index in [2.05, 4.69) is 10.6 Å². The van der Waals surface area contributed by atoms with Gasteiger partial charge < -0.3 is 25.4 Å². The Morgan fingerprint density at radius 3 is 2.47 bits per heavy atom. The zero-order valence-electron chi connectivity index (χ0n) is 21.8. The van der Waals surface area contributed by atoms with Crippen molar-refractivity contribution in [1.82, 2.24) is 10.2 Å². The Morgan fingerprint density at radius 2 is 1.84 bits per heavy atom. The van der Waals surface area contributed by atoms with Crippen LogP contribution in [0, 0.1) is 17.8 Å². The molecular formula is C29H34ClN3O5. The van der Waals surface area contributed by atoms with Gasteiger partial charge in [0.15, 0.2) is 0 Å². The van der Waals surface area contributed by atoms with E-state index in [-0.39, 0.29) is 24.3 Å². The van der Waals surface area contributed by atoms with Gasteiger partial charge in [0, 0.05) is 17.3 Å². The van der Waals surface area contributed by atoms with Crippen LogP contribution < -0.4 is 10.6 Å². The third-order valence-corrected chi connectivity index (χ3v) is 8.89. The van der Waals surface area contributed by atoms with Crippen molar-refractivity contribution in [1.29, 1.82) is 0 Å². The van der Waals surface area contributed by atoms with Gasteiger partial charge in [-0.2, -0.15) is 0 Å². The van der Waals surface area contributed by atoms with E-state index in [1.54, 1.807) is 24.3 Å². The highest BCUT2D eigenvalue weighted by Gasteiger charge is 2.80. The minimum atomic E-state index is -1.21. The van der Waals surface area contributed by atoms with Gasteiger partial charge in [-0.15, -0.1) is 0 Å². The predicted octanol–water partition coefficient (Wildman–Crippen LogP) is 3.55. The lowest BCUT2D eigenvalue weighted by Gasteiger charge is -2.37. The number of halogens is 1. The topological polar surface area (TPSA) is 108 Å². The minimum absolute atomic E-state index is 0.0704. The summed E-state index contributed by atoms with van der Waals surface area (Å²) in [5.74, 6) is -2.69. The number of carbonyl (C=O) groups excluding carboxylic acids is 3. The molecule has 0 radical (unpaired) electrons. The lowest BCUT2D eigenvalue weighted by molar-refractivity contribution is -0.149. The second kappa shape index (κ2) is 9.98. The van der Waals surface area contributed by atoms with E-state index in [1.807, 2.05) is 51.1 Å². The highest BCUT2D eigenvalue weighted by Crippen LogP contribution is 2.66. The number of likely N-dealkylation sites (tertiary alicyclic amines) is 1. The molecule has 9 heteroatoms. The Bertz CT molecular complexity index is 1220. The molecule has 202 valence electrons. The number of nitrogens with zero attached hydrogens (tertiary/aromatic N) is 1. The maximum Gasteiger partial charge on any atom is 0.250 e. The van der Waals surface area contributed by atoms with Crippen molar-refractivity contribution < 1.29 is 24.2 Å². The number of aliphatic hydroxyl groups is 1. The lowest BCUT2D eigenvalue weighted by Crippen LogP contribution is -2.55. The summed E-state index contributed by atoms with van der Waals surface area (Å²) in [6, 6.07) is 14.0. The van der Waals surface area contributed by atoms with E-state index in [0.717, 1.165) is 6.42 Å². The molecule has 0 aliphatic carbocycles. The molecule has 1 spiro atoms. The molecule has 38 heavy (non-hydrogen) atoms. The van der Waals surface area contributed by atoms with Crippen molar-refractivity contribution in [3.63, 3.8) is 0 Å². The summed E-state index contributed by atoms with van der Waals surface area (Å²) in [6.07, 6.45) is 1.20. The van der Waals surface area contributed by atoms with E-state index < -0.39 is 41.0 Å². The number of hydrogen-bond acceptors (Lipinski definition) is 5.